The third-order valence-corrected chi connectivity index (χ3v) is 5.61. The quantitative estimate of drug-likeness (QED) is 0.559. The lowest BCUT2D eigenvalue weighted by molar-refractivity contribution is 0.0601. The molecular weight excluding hydrogens is 418 g/mol. The molecule has 7 nitrogen and oxygen atoms in total. The Kier molecular flexibility index (Phi) is 6.13. The van der Waals surface area contributed by atoms with Crippen LogP contribution in [0.25, 0.3) is 0 Å². The SMILES string of the molecule is COC(=O)c1ccc(C)cc1NC(=O)Nc1ccc2c(c1)N(C(=O)c1ccc(C)cc1)CC2. The molecule has 2 N–H and O–H groups in total. The summed E-state index contributed by atoms with van der Waals surface area (Å²) in [5, 5.41) is 5.51. The highest BCUT2D eigenvalue weighted by molar-refractivity contribution is 6.08. The van der Waals surface area contributed by atoms with E-state index in [2.05, 4.69) is 10.6 Å². The normalized spacial score (nSPS) is 12.2. The molecule has 168 valence electrons. The van der Waals surface area contributed by atoms with E-state index in [-0.39, 0.29) is 11.5 Å². The summed E-state index contributed by atoms with van der Waals surface area (Å²) in [5.41, 5.74) is 5.60. The van der Waals surface area contributed by atoms with Crippen molar-refractivity contribution in [3.63, 3.8) is 0 Å². The number of hydrogen-bond acceptors (Lipinski definition) is 4. The number of fused-ring (bicyclic) bond motifs is 1. The molecule has 1 aliphatic rings. The van der Waals surface area contributed by atoms with Gasteiger partial charge in [0.1, 0.15) is 0 Å². The summed E-state index contributed by atoms with van der Waals surface area (Å²) >= 11 is 0. The van der Waals surface area contributed by atoms with Gasteiger partial charge in [-0.2, -0.15) is 0 Å². The standard InChI is InChI=1S/C26H25N3O4/c1-16-4-7-19(8-5-16)24(30)29-13-12-18-9-10-20(15-23(18)29)27-26(32)28-22-14-17(2)6-11-21(22)25(31)33-3/h4-11,14-15H,12-13H2,1-3H3,(H2,27,28,32). The number of hydrogen-bond donors (Lipinski definition) is 2. The number of amides is 3. The highest BCUT2D eigenvalue weighted by Gasteiger charge is 2.26. The first-order valence-corrected chi connectivity index (χ1v) is 10.6. The molecule has 1 aliphatic heterocycles. The van der Waals surface area contributed by atoms with E-state index in [0.717, 1.165) is 28.8 Å². The molecule has 0 fully saturated rings. The monoisotopic (exact) mass is 443 g/mol. The predicted octanol–water partition coefficient (Wildman–Crippen LogP) is 4.94. The second kappa shape index (κ2) is 9.16. The minimum absolute atomic E-state index is 0.0715. The lowest BCUT2D eigenvalue weighted by Gasteiger charge is -2.18. The molecule has 3 aromatic carbocycles. The van der Waals surface area contributed by atoms with E-state index >= 15 is 0 Å². The van der Waals surface area contributed by atoms with Crippen molar-refractivity contribution in [3.8, 4) is 0 Å². The Labute approximate surface area is 192 Å². The Morgan fingerprint density at radius 2 is 1.61 bits per heavy atom. The number of esters is 1. The minimum Gasteiger partial charge on any atom is -0.465 e. The van der Waals surface area contributed by atoms with Gasteiger partial charge in [0.2, 0.25) is 0 Å². The Hall–Kier alpha value is -4.13. The summed E-state index contributed by atoms with van der Waals surface area (Å²) in [6, 6.07) is 17.6. The molecule has 7 heteroatoms. The summed E-state index contributed by atoms with van der Waals surface area (Å²) in [7, 11) is 1.29. The van der Waals surface area contributed by atoms with Gasteiger partial charge in [0, 0.05) is 23.5 Å². The molecule has 0 unspecified atom stereocenters. The topological polar surface area (TPSA) is 87.7 Å². The van der Waals surface area contributed by atoms with E-state index in [9.17, 15) is 14.4 Å². The minimum atomic E-state index is -0.534. The number of benzene rings is 3. The molecule has 0 spiro atoms. The van der Waals surface area contributed by atoms with Gasteiger partial charge in [-0.15, -0.1) is 0 Å². The highest BCUT2D eigenvalue weighted by Crippen LogP contribution is 2.32. The highest BCUT2D eigenvalue weighted by atomic mass is 16.5. The summed E-state index contributed by atoms with van der Waals surface area (Å²) in [5.74, 6) is -0.606. The number of methoxy groups -OCH3 is 1. The lowest BCUT2D eigenvalue weighted by atomic mass is 10.1. The molecule has 0 saturated carbocycles. The molecule has 4 rings (SSSR count). The van der Waals surface area contributed by atoms with E-state index < -0.39 is 12.0 Å². The van der Waals surface area contributed by atoms with Gasteiger partial charge < -0.3 is 20.3 Å². The molecule has 1 heterocycles. The average Bonchev–Trinajstić information content (AvgIpc) is 3.22. The van der Waals surface area contributed by atoms with Crippen molar-refractivity contribution >= 4 is 35.0 Å². The first-order chi connectivity index (χ1) is 15.9. The van der Waals surface area contributed by atoms with Crippen molar-refractivity contribution in [1.82, 2.24) is 0 Å². The number of carbonyl (C=O) groups is 3. The van der Waals surface area contributed by atoms with Gasteiger partial charge in [-0.05, 0) is 67.8 Å². The van der Waals surface area contributed by atoms with Crippen LogP contribution in [0.4, 0.5) is 21.9 Å². The molecule has 0 radical (unpaired) electrons. The molecular formula is C26H25N3O4. The number of aryl methyl sites for hydroxylation is 2. The van der Waals surface area contributed by atoms with Gasteiger partial charge in [0.15, 0.2) is 0 Å². The van der Waals surface area contributed by atoms with Crippen LogP contribution in [0, 0.1) is 13.8 Å². The fourth-order valence-electron chi connectivity index (χ4n) is 3.85. The Balaban J connectivity index is 1.52. The fraction of sp³-hybridized carbons (Fsp3) is 0.192. The third kappa shape index (κ3) is 4.72. The second-order valence-electron chi connectivity index (χ2n) is 8.04. The maximum Gasteiger partial charge on any atom is 0.339 e. The number of anilines is 3. The van der Waals surface area contributed by atoms with Crippen molar-refractivity contribution < 1.29 is 19.1 Å². The summed E-state index contributed by atoms with van der Waals surface area (Å²) in [6.45, 7) is 4.43. The molecule has 0 atom stereocenters. The van der Waals surface area contributed by atoms with E-state index in [1.807, 2.05) is 44.2 Å². The number of nitrogens with one attached hydrogen (secondary N) is 2. The van der Waals surface area contributed by atoms with Crippen LogP contribution in [0.5, 0.6) is 0 Å². The first-order valence-electron chi connectivity index (χ1n) is 10.6. The number of rotatable bonds is 4. The van der Waals surface area contributed by atoms with Crippen LogP contribution < -0.4 is 15.5 Å². The number of ether oxygens (including phenoxy) is 1. The molecule has 0 saturated heterocycles. The Morgan fingerprint density at radius 1 is 0.879 bits per heavy atom. The Bertz CT molecular complexity index is 1230. The van der Waals surface area contributed by atoms with E-state index in [1.54, 1.807) is 35.2 Å². The molecule has 3 amide bonds. The Morgan fingerprint density at radius 3 is 2.33 bits per heavy atom. The predicted molar refractivity (Wildman–Crippen MR) is 128 cm³/mol. The first kappa shape index (κ1) is 22.1. The van der Waals surface area contributed by atoms with Gasteiger partial charge in [-0.25, -0.2) is 9.59 Å². The number of carbonyl (C=O) groups excluding carboxylic acids is 3. The molecule has 0 aliphatic carbocycles. The van der Waals surface area contributed by atoms with Crippen molar-refractivity contribution in [3.05, 3.63) is 88.5 Å². The molecule has 33 heavy (non-hydrogen) atoms. The lowest BCUT2D eigenvalue weighted by Crippen LogP contribution is -2.29. The van der Waals surface area contributed by atoms with Crippen LogP contribution in [0.3, 0.4) is 0 Å². The molecule has 0 bridgehead atoms. The van der Waals surface area contributed by atoms with E-state index in [4.69, 9.17) is 4.74 Å². The second-order valence-corrected chi connectivity index (χ2v) is 8.04. The summed E-state index contributed by atoms with van der Waals surface area (Å²) in [6.07, 6.45) is 0.755. The summed E-state index contributed by atoms with van der Waals surface area (Å²) in [4.78, 5) is 39.5. The fourth-order valence-corrected chi connectivity index (χ4v) is 3.85. The smallest absolute Gasteiger partial charge is 0.339 e. The van der Waals surface area contributed by atoms with Gasteiger partial charge in [0.05, 0.1) is 18.4 Å². The van der Waals surface area contributed by atoms with E-state index in [0.29, 0.717) is 23.5 Å². The van der Waals surface area contributed by atoms with Gasteiger partial charge in [-0.3, -0.25) is 4.79 Å². The van der Waals surface area contributed by atoms with Crippen LogP contribution in [0.15, 0.2) is 60.7 Å². The third-order valence-electron chi connectivity index (χ3n) is 5.61. The maximum atomic E-state index is 13.0. The molecule has 3 aromatic rings. The van der Waals surface area contributed by atoms with Crippen molar-refractivity contribution in [2.75, 3.05) is 29.2 Å². The van der Waals surface area contributed by atoms with Crippen LogP contribution in [-0.4, -0.2) is 31.6 Å². The zero-order valence-corrected chi connectivity index (χ0v) is 18.8. The number of nitrogens with zero attached hydrogens (tertiary/aromatic N) is 1. The maximum absolute atomic E-state index is 13.0. The van der Waals surface area contributed by atoms with Gasteiger partial charge >= 0.3 is 12.0 Å². The van der Waals surface area contributed by atoms with Crippen molar-refractivity contribution in [2.45, 2.75) is 20.3 Å². The van der Waals surface area contributed by atoms with Crippen molar-refractivity contribution in [1.29, 1.82) is 0 Å². The zero-order chi connectivity index (χ0) is 23.5. The van der Waals surface area contributed by atoms with Crippen LogP contribution in [-0.2, 0) is 11.2 Å². The molecule has 0 aromatic heterocycles. The average molecular weight is 444 g/mol. The van der Waals surface area contributed by atoms with Crippen LogP contribution >= 0.6 is 0 Å². The van der Waals surface area contributed by atoms with E-state index in [1.165, 1.54) is 7.11 Å². The largest absolute Gasteiger partial charge is 0.465 e. The summed E-state index contributed by atoms with van der Waals surface area (Å²) < 4.78 is 4.80. The van der Waals surface area contributed by atoms with Crippen LogP contribution in [0.2, 0.25) is 0 Å². The number of urea groups is 1. The van der Waals surface area contributed by atoms with Gasteiger partial charge in [-0.1, -0.05) is 29.8 Å². The van der Waals surface area contributed by atoms with Crippen molar-refractivity contribution in [2.24, 2.45) is 0 Å². The van der Waals surface area contributed by atoms with Crippen LogP contribution in [0.1, 0.15) is 37.4 Å². The zero-order valence-electron chi connectivity index (χ0n) is 18.8. The van der Waals surface area contributed by atoms with Gasteiger partial charge in [0.25, 0.3) is 5.91 Å².